The van der Waals surface area contributed by atoms with Crippen molar-refractivity contribution in [3.63, 3.8) is 0 Å². The molecule has 3 fully saturated rings. The van der Waals surface area contributed by atoms with E-state index in [1.54, 1.807) is 11.8 Å². The van der Waals surface area contributed by atoms with E-state index in [0.717, 1.165) is 51.5 Å². The lowest BCUT2D eigenvalue weighted by molar-refractivity contribution is -0.134. The summed E-state index contributed by atoms with van der Waals surface area (Å²) in [5.41, 5.74) is -0.0136. The zero-order chi connectivity index (χ0) is 16.4. The number of likely N-dealkylation sites (N-methyl/N-ethyl adjacent to an activating group) is 1. The molecule has 2 heterocycles. The molecule has 0 unspecified atom stereocenters. The maximum Gasteiger partial charge on any atom is 0.232 e. The highest BCUT2D eigenvalue weighted by Gasteiger charge is 2.43. The second kappa shape index (κ2) is 7.01. The standard InChI is InChI=1S/C17H29N3O2S/c1-18-9-10-20(16(22)12-23-2)13-17(18)6-5-15(21)19(8-7-17)11-14-3-4-14/h14H,3-13H2,1-2H3/t17-/m1/s1. The van der Waals surface area contributed by atoms with Gasteiger partial charge in [-0.15, -0.1) is 0 Å². The van der Waals surface area contributed by atoms with Gasteiger partial charge in [-0.25, -0.2) is 0 Å². The molecule has 1 saturated carbocycles. The highest BCUT2D eigenvalue weighted by atomic mass is 32.2. The van der Waals surface area contributed by atoms with E-state index >= 15 is 0 Å². The van der Waals surface area contributed by atoms with Gasteiger partial charge in [0.25, 0.3) is 0 Å². The lowest BCUT2D eigenvalue weighted by atomic mass is 9.86. The summed E-state index contributed by atoms with van der Waals surface area (Å²) in [4.78, 5) is 31.3. The predicted octanol–water partition coefficient (Wildman–Crippen LogP) is 1.28. The zero-order valence-corrected chi connectivity index (χ0v) is 15.2. The van der Waals surface area contributed by atoms with Crippen LogP contribution in [0.4, 0.5) is 0 Å². The van der Waals surface area contributed by atoms with Crippen LogP contribution in [0.5, 0.6) is 0 Å². The van der Waals surface area contributed by atoms with Gasteiger partial charge in [-0.05, 0) is 44.9 Å². The van der Waals surface area contributed by atoms with Crippen LogP contribution in [0, 0.1) is 5.92 Å². The van der Waals surface area contributed by atoms with E-state index in [2.05, 4.69) is 16.8 Å². The molecule has 0 aromatic carbocycles. The molecule has 1 spiro atoms. The molecular formula is C17H29N3O2S. The molecule has 2 amide bonds. The summed E-state index contributed by atoms with van der Waals surface area (Å²) in [6, 6.07) is 0. The molecule has 0 N–H and O–H groups in total. The Labute approximate surface area is 143 Å². The molecule has 5 nitrogen and oxygen atoms in total. The number of amides is 2. The summed E-state index contributed by atoms with van der Waals surface area (Å²) in [6.07, 6.45) is 7.04. The maximum absolute atomic E-state index is 12.5. The van der Waals surface area contributed by atoms with Gasteiger partial charge in [0.2, 0.25) is 11.8 Å². The normalized spacial score (nSPS) is 29.9. The highest BCUT2D eigenvalue weighted by Crippen LogP contribution is 2.35. The van der Waals surface area contributed by atoms with Crippen molar-refractivity contribution in [1.29, 1.82) is 0 Å². The third-order valence-electron chi connectivity index (χ3n) is 5.80. The fourth-order valence-corrected chi connectivity index (χ4v) is 4.36. The highest BCUT2D eigenvalue weighted by molar-refractivity contribution is 7.99. The Bertz CT molecular complexity index is 469. The van der Waals surface area contributed by atoms with Crippen molar-refractivity contribution in [2.75, 3.05) is 51.8 Å². The predicted molar refractivity (Wildman–Crippen MR) is 93.5 cm³/mol. The van der Waals surface area contributed by atoms with Gasteiger partial charge < -0.3 is 9.80 Å². The van der Waals surface area contributed by atoms with Crippen molar-refractivity contribution in [2.45, 2.75) is 37.6 Å². The number of thioether (sulfide) groups is 1. The zero-order valence-electron chi connectivity index (χ0n) is 14.4. The number of hydrogen-bond donors (Lipinski definition) is 0. The Morgan fingerprint density at radius 3 is 2.74 bits per heavy atom. The van der Waals surface area contributed by atoms with Crippen molar-refractivity contribution in [3.05, 3.63) is 0 Å². The van der Waals surface area contributed by atoms with Crippen LogP contribution in [0.1, 0.15) is 32.1 Å². The van der Waals surface area contributed by atoms with E-state index in [-0.39, 0.29) is 11.4 Å². The molecule has 1 aliphatic carbocycles. The van der Waals surface area contributed by atoms with E-state index in [4.69, 9.17) is 0 Å². The summed E-state index contributed by atoms with van der Waals surface area (Å²) >= 11 is 1.59. The first-order chi connectivity index (χ1) is 11.0. The number of piperazine rings is 1. The second-order valence-corrected chi connectivity index (χ2v) is 8.29. The van der Waals surface area contributed by atoms with Crippen LogP contribution >= 0.6 is 11.8 Å². The lowest BCUT2D eigenvalue weighted by Gasteiger charge is -2.49. The number of carbonyl (C=O) groups excluding carboxylic acids is 2. The number of hydrogen-bond acceptors (Lipinski definition) is 4. The molecule has 2 aliphatic heterocycles. The van der Waals surface area contributed by atoms with Gasteiger partial charge in [-0.1, -0.05) is 0 Å². The van der Waals surface area contributed by atoms with E-state index in [1.165, 1.54) is 12.8 Å². The van der Waals surface area contributed by atoms with Gasteiger partial charge in [-0.2, -0.15) is 11.8 Å². The first-order valence-electron chi connectivity index (χ1n) is 8.80. The molecule has 3 aliphatic rings. The maximum atomic E-state index is 12.5. The molecule has 0 bridgehead atoms. The average molecular weight is 340 g/mol. The molecular weight excluding hydrogens is 310 g/mol. The van der Waals surface area contributed by atoms with Gasteiger partial charge in [-0.3, -0.25) is 14.5 Å². The second-order valence-electron chi connectivity index (χ2n) is 7.43. The quantitative estimate of drug-likeness (QED) is 0.774. The molecule has 0 aromatic heterocycles. The molecule has 6 heteroatoms. The van der Waals surface area contributed by atoms with Gasteiger partial charge in [0.1, 0.15) is 0 Å². The summed E-state index contributed by atoms with van der Waals surface area (Å²) < 4.78 is 0. The third-order valence-corrected chi connectivity index (χ3v) is 6.34. The van der Waals surface area contributed by atoms with Crippen molar-refractivity contribution in [3.8, 4) is 0 Å². The monoisotopic (exact) mass is 339 g/mol. The minimum Gasteiger partial charge on any atom is -0.342 e. The van der Waals surface area contributed by atoms with Gasteiger partial charge in [0.15, 0.2) is 0 Å². The fourth-order valence-electron chi connectivity index (χ4n) is 3.93. The smallest absolute Gasteiger partial charge is 0.232 e. The number of rotatable bonds is 4. The number of nitrogens with zero attached hydrogens (tertiary/aromatic N) is 3. The first-order valence-corrected chi connectivity index (χ1v) is 10.2. The Morgan fingerprint density at radius 1 is 1.26 bits per heavy atom. The summed E-state index contributed by atoms with van der Waals surface area (Å²) in [5, 5.41) is 0. The van der Waals surface area contributed by atoms with Gasteiger partial charge in [0, 0.05) is 44.7 Å². The van der Waals surface area contributed by atoms with Crippen molar-refractivity contribution in [1.82, 2.24) is 14.7 Å². The number of carbonyl (C=O) groups is 2. The van der Waals surface area contributed by atoms with Crippen LogP contribution in [0.3, 0.4) is 0 Å². The van der Waals surface area contributed by atoms with Crippen molar-refractivity contribution < 1.29 is 9.59 Å². The van der Waals surface area contributed by atoms with Gasteiger partial charge in [0.05, 0.1) is 5.75 Å². The molecule has 3 rings (SSSR count). The van der Waals surface area contributed by atoms with Crippen LogP contribution in [0.15, 0.2) is 0 Å². The third kappa shape index (κ3) is 3.85. The Morgan fingerprint density at radius 2 is 2.04 bits per heavy atom. The van der Waals surface area contributed by atoms with Crippen LogP contribution < -0.4 is 0 Å². The van der Waals surface area contributed by atoms with Crippen LogP contribution in [0.25, 0.3) is 0 Å². The molecule has 2 saturated heterocycles. The molecule has 0 aromatic rings. The van der Waals surface area contributed by atoms with Crippen LogP contribution in [-0.4, -0.2) is 83.8 Å². The topological polar surface area (TPSA) is 43.9 Å². The summed E-state index contributed by atoms with van der Waals surface area (Å²) in [5.74, 6) is 1.87. The lowest BCUT2D eigenvalue weighted by Crippen LogP contribution is -2.62. The fraction of sp³-hybridized carbons (Fsp3) is 0.882. The largest absolute Gasteiger partial charge is 0.342 e. The van der Waals surface area contributed by atoms with Crippen LogP contribution in [-0.2, 0) is 9.59 Å². The minimum absolute atomic E-state index is 0.0136. The van der Waals surface area contributed by atoms with Crippen molar-refractivity contribution >= 4 is 23.6 Å². The van der Waals surface area contributed by atoms with E-state index in [0.29, 0.717) is 18.1 Å². The summed E-state index contributed by atoms with van der Waals surface area (Å²) in [7, 11) is 2.16. The molecule has 0 radical (unpaired) electrons. The minimum atomic E-state index is -0.0136. The van der Waals surface area contributed by atoms with E-state index in [9.17, 15) is 9.59 Å². The Hall–Kier alpha value is -0.750. The Kier molecular flexibility index (Phi) is 5.21. The van der Waals surface area contributed by atoms with E-state index < -0.39 is 0 Å². The average Bonchev–Trinajstić information content (AvgIpc) is 3.36. The van der Waals surface area contributed by atoms with E-state index in [1.807, 2.05) is 11.2 Å². The Balaban J connectivity index is 1.68. The first kappa shape index (κ1) is 17.1. The molecule has 1 atom stereocenters. The SMILES string of the molecule is CSCC(=O)N1CCN(C)[C@@]2(CCC(=O)N(CC3CC3)CC2)C1. The van der Waals surface area contributed by atoms with Crippen molar-refractivity contribution in [2.24, 2.45) is 5.92 Å². The van der Waals surface area contributed by atoms with Gasteiger partial charge >= 0.3 is 0 Å². The molecule has 23 heavy (non-hydrogen) atoms. The van der Waals surface area contributed by atoms with Crippen LogP contribution in [0.2, 0.25) is 0 Å². The molecule has 130 valence electrons. The summed E-state index contributed by atoms with van der Waals surface area (Å²) in [6.45, 7) is 4.32. The number of likely N-dealkylation sites (tertiary alicyclic amines) is 1.